The van der Waals surface area contributed by atoms with Crippen molar-refractivity contribution in [1.82, 2.24) is 10.2 Å². The van der Waals surface area contributed by atoms with Gasteiger partial charge in [0.15, 0.2) is 0 Å². The SMILES string of the molecule is CO[C@@](C(=O)N1CCC2(CCNCC2c2cccc(F)c2Cl)CC1)(c1ccccc1)C(F)(F)F. The van der Waals surface area contributed by atoms with Gasteiger partial charge in [0.2, 0.25) is 0 Å². The quantitative estimate of drug-likeness (QED) is 0.584. The van der Waals surface area contributed by atoms with Crippen molar-refractivity contribution in [3.63, 3.8) is 0 Å². The molecule has 2 aliphatic heterocycles. The number of methoxy groups -OCH3 is 1. The Kier molecular flexibility index (Phi) is 6.95. The van der Waals surface area contributed by atoms with Crippen molar-refractivity contribution in [2.45, 2.75) is 37.0 Å². The maximum absolute atomic E-state index is 14.3. The Hall–Kier alpha value is -2.16. The van der Waals surface area contributed by atoms with Crippen LogP contribution in [0.3, 0.4) is 0 Å². The number of amides is 1. The molecule has 1 unspecified atom stereocenters. The molecule has 0 saturated carbocycles. The zero-order chi connectivity index (χ0) is 24.6. The minimum absolute atomic E-state index is 0.0774. The maximum atomic E-state index is 14.3. The van der Waals surface area contributed by atoms with Crippen molar-refractivity contribution in [2.75, 3.05) is 33.3 Å². The molecule has 184 valence electrons. The molecular formula is C25H27ClF4N2O2. The third kappa shape index (κ3) is 4.10. The van der Waals surface area contributed by atoms with Gasteiger partial charge in [-0.1, -0.05) is 54.1 Å². The summed E-state index contributed by atoms with van der Waals surface area (Å²) in [4.78, 5) is 14.7. The predicted octanol–water partition coefficient (Wildman–Crippen LogP) is 5.27. The minimum atomic E-state index is -4.94. The summed E-state index contributed by atoms with van der Waals surface area (Å²) in [7, 11) is 0.915. The van der Waals surface area contributed by atoms with Crippen molar-refractivity contribution in [3.8, 4) is 0 Å². The molecule has 1 N–H and O–H groups in total. The fraction of sp³-hybridized carbons (Fsp3) is 0.480. The molecule has 2 aliphatic rings. The van der Waals surface area contributed by atoms with Crippen LogP contribution in [0.4, 0.5) is 17.6 Å². The molecule has 2 aromatic rings. The van der Waals surface area contributed by atoms with Crippen LogP contribution < -0.4 is 5.32 Å². The highest BCUT2D eigenvalue weighted by Crippen LogP contribution is 2.51. The Morgan fingerprint density at radius 3 is 2.38 bits per heavy atom. The predicted molar refractivity (Wildman–Crippen MR) is 121 cm³/mol. The van der Waals surface area contributed by atoms with E-state index >= 15 is 0 Å². The molecule has 2 atom stereocenters. The molecule has 0 aliphatic carbocycles. The number of likely N-dealkylation sites (tertiary alicyclic amines) is 1. The van der Waals surface area contributed by atoms with Crippen LogP contribution in [-0.2, 0) is 15.1 Å². The first-order valence-electron chi connectivity index (χ1n) is 11.3. The van der Waals surface area contributed by atoms with Gasteiger partial charge in [-0.25, -0.2) is 4.39 Å². The second-order valence-electron chi connectivity index (χ2n) is 9.05. The van der Waals surface area contributed by atoms with Crippen LogP contribution in [0.15, 0.2) is 48.5 Å². The van der Waals surface area contributed by atoms with Crippen molar-refractivity contribution in [2.24, 2.45) is 5.41 Å². The van der Waals surface area contributed by atoms with Gasteiger partial charge < -0.3 is 15.0 Å². The van der Waals surface area contributed by atoms with E-state index in [4.69, 9.17) is 16.3 Å². The second kappa shape index (κ2) is 9.47. The highest BCUT2D eigenvalue weighted by atomic mass is 35.5. The van der Waals surface area contributed by atoms with E-state index < -0.39 is 23.5 Å². The first kappa shape index (κ1) is 24.9. The molecule has 34 heavy (non-hydrogen) atoms. The average molecular weight is 499 g/mol. The normalized spacial score (nSPS) is 22.4. The van der Waals surface area contributed by atoms with Crippen LogP contribution in [0, 0.1) is 11.2 Å². The van der Waals surface area contributed by atoms with E-state index in [1.54, 1.807) is 18.2 Å². The van der Waals surface area contributed by atoms with E-state index in [0.717, 1.165) is 20.1 Å². The van der Waals surface area contributed by atoms with E-state index in [0.29, 0.717) is 24.9 Å². The number of nitrogens with one attached hydrogen (secondary N) is 1. The molecule has 2 saturated heterocycles. The first-order valence-corrected chi connectivity index (χ1v) is 11.7. The number of halogens is 5. The van der Waals surface area contributed by atoms with E-state index in [2.05, 4.69) is 5.32 Å². The number of hydrogen-bond acceptors (Lipinski definition) is 3. The smallest absolute Gasteiger partial charge is 0.356 e. The van der Waals surface area contributed by atoms with Crippen LogP contribution >= 0.6 is 11.6 Å². The molecule has 2 fully saturated rings. The lowest BCUT2D eigenvalue weighted by atomic mass is 9.62. The third-order valence-corrected chi connectivity index (χ3v) is 7.88. The van der Waals surface area contributed by atoms with Gasteiger partial charge in [-0.2, -0.15) is 13.2 Å². The number of carbonyl (C=O) groups is 1. The Balaban J connectivity index is 1.62. The molecular weight excluding hydrogens is 472 g/mol. The molecule has 1 amide bonds. The number of hydrogen-bond donors (Lipinski definition) is 1. The van der Waals surface area contributed by atoms with E-state index in [-0.39, 0.29) is 35.0 Å². The number of piperidine rings is 2. The van der Waals surface area contributed by atoms with Gasteiger partial charge in [0.25, 0.3) is 11.5 Å². The minimum Gasteiger partial charge on any atom is -0.356 e. The molecule has 0 radical (unpaired) electrons. The lowest BCUT2D eigenvalue weighted by molar-refractivity contribution is -0.271. The maximum Gasteiger partial charge on any atom is 0.430 e. The Labute approximate surface area is 201 Å². The molecule has 0 aromatic heterocycles. The summed E-state index contributed by atoms with van der Waals surface area (Å²) in [6, 6.07) is 11.7. The largest absolute Gasteiger partial charge is 0.430 e. The molecule has 2 heterocycles. The van der Waals surface area contributed by atoms with Crippen molar-refractivity contribution >= 4 is 17.5 Å². The summed E-state index contributed by atoms with van der Waals surface area (Å²) in [6.07, 6.45) is -3.20. The van der Waals surface area contributed by atoms with Crippen LogP contribution in [0.2, 0.25) is 5.02 Å². The van der Waals surface area contributed by atoms with E-state index in [1.807, 2.05) is 0 Å². The van der Waals surface area contributed by atoms with Gasteiger partial charge in [0, 0.05) is 38.2 Å². The highest BCUT2D eigenvalue weighted by Gasteiger charge is 2.64. The fourth-order valence-electron chi connectivity index (χ4n) is 5.58. The first-order chi connectivity index (χ1) is 16.2. The summed E-state index contributed by atoms with van der Waals surface area (Å²) >= 11 is 6.30. The Morgan fingerprint density at radius 2 is 1.76 bits per heavy atom. The number of carbonyl (C=O) groups excluding carboxylic acids is 1. The standard InChI is InChI=1S/C25H27ClF4N2O2/c1-34-24(25(28,29)30,17-6-3-2-4-7-17)22(33)32-14-11-23(12-15-32)10-13-31-16-19(23)18-8-5-9-20(27)21(18)26/h2-9,19,31H,10-16H2,1H3/t19?,24-/m1/s1. The van der Waals surface area contributed by atoms with E-state index in [1.165, 1.54) is 35.2 Å². The summed E-state index contributed by atoms with van der Waals surface area (Å²) in [6.45, 7) is 1.63. The number of benzene rings is 2. The fourth-order valence-corrected chi connectivity index (χ4v) is 5.84. The summed E-state index contributed by atoms with van der Waals surface area (Å²) < 4.78 is 62.2. The molecule has 9 heteroatoms. The van der Waals surface area contributed by atoms with E-state index in [9.17, 15) is 22.4 Å². The molecule has 2 aromatic carbocycles. The molecule has 4 nitrogen and oxygen atoms in total. The zero-order valence-corrected chi connectivity index (χ0v) is 19.6. The van der Waals surface area contributed by atoms with Gasteiger partial charge in [0.05, 0.1) is 5.02 Å². The van der Waals surface area contributed by atoms with Crippen LogP contribution in [-0.4, -0.2) is 50.3 Å². The molecule has 4 rings (SSSR count). The highest BCUT2D eigenvalue weighted by molar-refractivity contribution is 6.31. The van der Waals surface area contributed by atoms with Gasteiger partial charge in [-0.05, 0) is 42.9 Å². The Morgan fingerprint density at radius 1 is 1.09 bits per heavy atom. The van der Waals surface area contributed by atoms with Crippen molar-refractivity contribution in [3.05, 3.63) is 70.5 Å². The molecule has 1 spiro atoms. The van der Waals surface area contributed by atoms with Gasteiger partial charge in [-0.15, -0.1) is 0 Å². The summed E-state index contributed by atoms with van der Waals surface area (Å²) in [5.41, 5.74) is -2.92. The van der Waals surface area contributed by atoms with Gasteiger partial charge >= 0.3 is 6.18 Å². The molecule has 0 bridgehead atoms. The second-order valence-corrected chi connectivity index (χ2v) is 9.43. The monoisotopic (exact) mass is 498 g/mol. The van der Waals surface area contributed by atoms with Crippen LogP contribution in [0.1, 0.15) is 36.3 Å². The third-order valence-electron chi connectivity index (χ3n) is 7.48. The van der Waals surface area contributed by atoms with Crippen molar-refractivity contribution in [1.29, 1.82) is 0 Å². The van der Waals surface area contributed by atoms with Crippen molar-refractivity contribution < 1.29 is 27.1 Å². The summed E-state index contributed by atoms with van der Waals surface area (Å²) in [5.74, 6) is -1.71. The average Bonchev–Trinajstić information content (AvgIpc) is 2.82. The topological polar surface area (TPSA) is 41.6 Å². The number of rotatable bonds is 4. The number of ether oxygens (including phenoxy) is 1. The lowest BCUT2D eigenvalue weighted by Crippen LogP contribution is -2.59. The van der Waals surface area contributed by atoms with Gasteiger partial charge in [0.1, 0.15) is 5.82 Å². The lowest BCUT2D eigenvalue weighted by Gasteiger charge is -2.51. The number of nitrogens with zero attached hydrogens (tertiary/aromatic N) is 1. The van der Waals surface area contributed by atoms with Crippen LogP contribution in [0.5, 0.6) is 0 Å². The zero-order valence-electron chi connectivity index (χ0n) is 18.8. The number of alkyl halides is 3. The van der Waals surface area contributed by atoms with Crippen LogP contribution in [0.25, 0.3) is 0 Å². The van der Waals surface area contributed by atoms with Gasteiger partial charge in [-0.3, -0.25) is 4.79 Å². The summed E-state index contributed by atoms with van der Waals surface area (Å²) in [5, 5.41) is 3.41. The Bertz CT molecular complexity index is 1030.